The molecule has 150 valence electrons. The van der Waals surface area contributed by atoms with E-state index in [1.165, 1.54) is 11.0 Å². The fourth-order valence-electron chi connectivity index (χ4n) is 2.95. The van der Waals surface area contributed by atoms with Gasteiger partial charge < -0.3 is 10.2 Å². The van der Waals surface area contributed by atoms with E-state index < -0.39 is 11.9 Å². The molecule has 4 nitrogen and oxygen atoms in total. The molecule has 2 aromatic rings. The van der Waals surface area contributed by atoms with Crippen molar-refractivity contribution in [3.63, 3.8) is 0 Å². The molecule has 0 aliphatic rings. The van der Waals surface area contributed by atoms with Crippen LogP contribution in [0.1, 0.15) is 31.4 Å². The first-order chi connectivity index (χ1) is 13.4. The summed E-state index contributed by atoms with van der Waals surface area (Å²) in [6.45, 7) is 4.21. The zero-order valence-electron chi connectivity index (χ0n) is 15.8. The van der Waals surface area contributed by atoms with Gasteiger partial charge in [0.2, 0.25) is 11.8 Å². The molecule has 0 aliphatic heterocycles. The van der Waals surface area contributed by atoms with Crippen LogP contribution in [0.2, 0.25) is 10.0 Å². The zero-order chi connectivity index (χ0) is 20.7. The number of amides is 2. The summed E-state index contributed by atoms with van der Waals surface area (Å²) in [5, 5.41) is 3.64. The van der Waals surface area contributed by atoms with Crippen LogP contribution in [-0.4, -0.2) is 29.3 Å². The highest BCUT2D eigenvalue weighted by Crippen LogP contribution is 2.24. The average molecular weight is 425 g/mol. The van der Waals surface area contributed by atoms with Crippen molar-refractivity contribution < 1.29 is 14.0 Å². The van der Waals surface area contributed by atoms with E-state index in [9.17, 15) is 14.0 Å². The summed E-state index contributed by atoms with van der Waals surface area (Å²) < 4.78 is 14.0. The molecule has 0 heterocycles. The summed E-state index contributed by atoms with van der Waals surface area (Å²) in [7, 11) is 0. The van der Waals surface area contributed by atoms with E-state index >= 15 is 0 Å². The van der Waals surface area contributed by atoms with Gasteiger partial charge in [-0.15, -0.1) is 0 Å². The van der Waals surface area contributed by atoms with E-state index in [1.54, 1.807) is 36.4 Å². The minimum Gasteiger partial charge on any atom is -0.355 e. The van der Waals surface area contributed by atoms with Crippen LogP contribution in [0.4, 0.5) is 4.39 Å². The summed E-state index contributed by atoms with van der Waals surface area (Å²) in [5.41, 5.74) is 0.946. The number of halogens is 3. The lowest BCUT2D eigenvalue weighted by atomic mass is 10.1. The van der Waals surface area contributed by atoms with Gasteiger partial charge in [0.05, 0.1) is 6.42 Å². The van der Waals surface area contributed by atoms with Gasteiger partial charge in [0.25, 0.3) is 0 Å². The fourth-order valence-corrected chi connectivity index (χ4v) is 3.42. The van der Waals surface area contributed by atoms with Crippen molar-refractivity contribution in [2.75, 3.05) is 6.54 Å². The molecule has 1 unspecified atom stereocenters. The monoisotopic (exact) mass is 424 g/mol. The van der Waals surface area contributed by atoms with Gasteiger partial charge in [-0.05, 0) is 42.7 Å². The molecule has 0 aliphatic carbocycles. The number of rotatable bonds is 8. The second-order valence-electron chi connectivity index (χ2n) is 6.34. The van der Waals surface area contributed by atoms with Gasteiger partial charge in [0.1, 0.15) is 11.9 Å². The lowest BCUT2D eigenvalue weighted by molar-refractivity contribution is -0.140. The Labute approximate surface area is 174 Å². The molecule has 28 heavy (non-hydrogen) atoms. The van der Waals surface area contributed by atoms with Crippen LogP contribution in [0.3, 0.4) is 0 Å². The molecular weight excluding hydrogens is 402 g/mol. The van der Waals surface area contributed by atoms with Crippen LogP contribution in [0.25, 0.3) is 0 Å². The molecular formula is C21H23Cl2FN2O2. The predicted octanol–water partition coefficient (Wildman–Crippen LogP) is 4.62. The summed E-state index contributed by atoms with van der Waals surface area (Å²) in [5.74, 6) is -1.06. The van der Waals surface area contributed by atoms with Crippen molar-refractivity contribution in [1.29, 1.82) is 0 Å². The molecule has 0 saturated heterocycles. The highest BCUT2D eigenvalue weighted by molar-refractivity contribution is 6.35. The Bertz CT molecular complexity index is 845. The SMILES string of the molecule is CCNC(=O)C(CC)N(Cc1ccc(Cl)cc1Cl)C(=O)Cc1ccccc1F. The fraction of sp³-hybridized carbons (Fsp3) is 0.333. The maximum absolute atomic E-state index is 14.0. The van der Waals surface area contributed by atoms with Crippen molar-refractivity contribution in [2.24, 2.45) is 0 Å². The Hall–Kier alpha value is -2.11. The van der Waals surface area contributed by atoms with Gasteiger partial charge in [-0.3, -0.25) is 9.59 Å². The molecule has 2 rings (SSSR count). The molecule has 2 aromatic carbocycles. The summed E-state index contributed by atoms with van der Waals surface area (Å²) >= 11 is 12.2. The lowest BCUT2D eigenvalue weighted by Gasteiger charge is -2.31. The second-order valence-corrected chi connectivity index (χ2v) is 7.19. The minimum atomic E-state index is -0.689. The van der Waals surface area contributed by atoms with Crippen LogP contribution >= 0.6 is 23.2 Å². The third kappa shape index (κ3) is 5.69. The number of carbonyl (C=O) groups is 2. The zero-order valence-corrected chi connectivity index (χ0v) is 17.4. The van der Waals surface area contributed by atoms with E-state index in [2.05, 4.69) is 5.32 Å². The van der Waals surface area contributed by atoms with Gasteiger partial charge in [-0.25, -0.2) is 4.39 Å². The molecule has 0 fully saturated rings. The molecule has 2 amide bonds. The Balaban J connectivity index is 2.35. The Morgan fingerprint density at radius 2 is 1.82 bits per heavy atom. The van der Waals surface area contributed by atoms with E-state index in [0.29, 0.717) is 28.6 Å². The van der Waals surface area contributed by atoms with Crippen LogP contribution in [0.5, 0.6) is 0 Å². The van der Waals surface area contributed by atoms with Crippen molar-refractivity contribution in [3.8, 4) is 0 Å². The van der Waals surface area contributed by atoms with Gasteiger partial charge in [0, 0.05) is 23.1 Å². The van der Waals surface area contributed by atoms with Crippen molar-refractivity contribution in [1.82, 2.24) is 10.2 Å². The Kier molecular flexibility index (Phi) is 8.27. The normalized spacial score (nSPS) is 11.8. The number of nitrogens with one attached hydrogen (secondary N) is 1. The van der Waals surface area contributed by atoms with Crippen LogP contribution in [-0.2, 0) is 22.6 Å². The second kappa shape index (κ2) is 10.4. The summed E-state index contributed by atoms with van der Waals surface area (Å²) in [4.78, 5) is 27.1. The number of hydrogen-bond acceptors (Lipinski definition) is 2. The molecule has 0 aromatic heterocycles. The number of likely N-dealkylation sites (N-methyl/N-ethyl adjacent to an activating group) is 1. The van der Waals surface area contributed by atoms with Crippen molar-refractivity contribution in [3.05, 3.63) is 69.5 Å². The lowest BCUT2D eigenvalue weighted by Crippen LogP contribution is -2.49. The molecule has 7 heteroatoms. The molecule has 0 saturated carbocycles. The quantitative estimate of drug-likeness (QED) is 0.671. The number of carbonyl (C=O) groups excluding carboxylic acids is 2. The summed E-state index contributed by atoms with van der Waals surface area (Å²) in [6.07, 6.45) is 0.272. The number of nitrogens with zero attached hydrogens (tertiary/aromatic N) is 1. The average Bonchev–Trinajstić information content (AvgIpc) is 2.65. The van der Waals surface area contributed by atoms with Crippen molar-refractivity contribution >= 4 is 35.0 Å². The van der Waals surface area contributed by atoms with E-state index in [0.717, 1.165) is 0 Å². The highest BCUT2D eigenvalue weighted by Gasteiger charge is 2.29. The minimum absolute atomic E-state index is 0.124. The first-order valence-electron chi connectivity index (χ1n) is 9.11. The first kappa shape index (κ1) is 22.2. The molecule has 0 spiro atoms. The standard InChI is InChI=1S/C21H23Cl2FN2O2/c1-3-19(21(28)25-4-2)26(13-15-9-10-16(22)12-17(15)23)20(27)11-14-7-5-6-8-18(14)24/h5-10,12,19H,3-4,11,13H2,1-2H3,(H,25,28). The maximum Gasteiger partial charge on any atom is 0.242 e. The van der Waals surface area contributed by atoms with Gasteiger partial charge in [-0.2, -0.15) is 0 Å². The van der Waals surface area contributed by atoms with Crippen LogP contribution < -0.4 is 5.32 Å². The third-order valence-corrected chi connectivity index (χ3v) is 4.98. The maximum atomic E-state index is 14.0. The smallest absolute Gasteiger partial charge is 0.242 e. The van der Waals surface area contributed by atoms with Crippen LogP contribution in [0, 0.1) is 5.82 Å². The molecule has 1 N–H and O–H groups in total. The topological polar surface area (TPSA) is 49.4 Å². The summed E-state index contributed by atoms with van der Waals surface area (Å²) in [6, 6.07) is 10.4. The number of benzene rings is 2. The molecule has 1 atom stereocenters. The first-order valence-corrected chi connectivity index (χ1v) is 9.87. The van der Waals surface area contributed by atoms with E-state index in [1.807, 2.05) is 13.8 Å². The molecule has 0 radical (unpaired) electrons. The highest BCUT2D eigenvalue weighted by atomic mass is 35.5. The molecule has 0 bridgehead atoms. The van der Waals surface area contributed by atoms with Gasteiger partial charge >= 0.3 is 0 Å². The third-order valence-electron chi connectivity index (χ3n) is 4.39. The van der Waals surface area contributed by atoms with Crippen molar-refractivity contribution in [2.45, 2.75) is 39.3 Å². The van der Waals surface area contributed by atoms with E-state index in [-0.39, 0.29) is 30.3 Å². The Morgan fingerprint density at radius 1 is 1.11 bits per heavy atom. The largest absolute Gasteiger partial charge is 0.355 e. The van der Waals surface area contributed by atoms with Gasteiger partial charge in [0.15, 0.2) is 0 Å². The van der Waals surface area contributed by atoms with Crippen LogP contribution in [0.15, 0.2) is 42.5 Å². The Morgan fingerprint density at radius 3 is 2.43 bits per heavy atom. The van der Waals surface area contributed by atoms with Gasteiger partial charge in [-0.1, -0.05) is 54.4 Å². The van der Waals surface area contributed by atoms with E-state index in [4.69, 9.17) is 23.2 Å². The number of hydrogen-bond donors (Lipinski definition) is 1. The predicted molar refractivity (Wildman–Crippen MR) is 110 cm³/mol.